The van der Waals surface area contributed by atoms with Crippen LogP contribution >= 0.6 is 11.3 Å². The maximum atomic E-state index is 7.50. The highest BCUT2D eigenvalue weighted by atomic mass is 32.1. The van der Waals surface area contributed by atoms with Crippen LogP contribution < -0.4 is 4.57 Å². The fourth-order valence-electron chi connectivity index (χ4n) is 4.74. The van der Waals surface area contributed by atoms with Crippen LogP contribution in [0.2, 0.25) is 0 Å². The van der Waals surface area contributed by atoms with E-state index >= 15 is 0 Å². The van der Waals surface area contributed by atoms with E-state index < -0.39 is 0 Å². The Kier molecular flexibility index (Phi) is 4.58. The fraction of sp³-hybridized carbons (Fsp3) is 0.250. The van der Waals surface area contributed by atoms with Gasteiger partial charge in [0, 0.05) is 15.6 Å². The molecule has 0 aliphatic heterocycles. The summed E-state index contributed by atoms with van der Waals surface area (Å²) in [5.41, 5.74) is 7.87. The van der Waals surface area contributed by atoms with Crippen LogP contribution in [0.5, 0.6) is 0 Å². The number of aromatic nitrogens is 2. The number of fused-ring (bicyclic) bond motifs is 4. The van der Waals surface area contributed by atoms with Crippen molar-refractivity contribution in [2.45, 2.75) is 40.0 Å². The molecule has 158 valence electrons. The molecule has 0 atom stereocenters. The van der Waals surface area contributed by atoms with Crippen molar-refractivity contribution in [1.29, 1.82) is 0 Å². The molecular formula is C28H26N3S+. The molecule has 5 rings (SSSR count). The molecule has 3 aromatic carbocycles. The summed E-state index contributed by atoms with van der Waals surface area (Å²) in [7, 11) is 2.08. The molecule has 32 heavy (non-hydrogen) atoms. The van der Waals surface area contributed by atoms with Crippen LogP contribution in [0, 0.1) is 20.4 Å². The van der Waals surface area contributed by atoms with Gasteiger partial charge in [-0.1, -0.05) is 57.2 Å². The molecule has 5 aromatic rings. The van der Waals surface area contributed by atoms with Crippen molar-refractivity contribution in [2.24, 2.45) is 7.05 Å². The summed E-state index contributed by atoms with van der Waals surface area (Å²) in [6, 6.07) is 15.1. The van der Waals surface area contributed by atoms with Gasteiger partial charge in [-0.15, -0.1) is 11.3 Å². The second-order valence-corrected chi connectivity index (χ2v) is 10.6. The largest absolute Gasteiger partial charge is 0.287 e. The molecule has 2 heterocycles. The summed E-state index contributed by atoms with van der Waals surface area (Å²) >= 11 is 1.75. The minimum atomic E-state index is 0.0219. The van der Waals surface area contributed by atoms with Gasteiger partial charge in [-0.25, -0.2) is 9.41 Å². The molecule has 0 saturated heterocycles. The Bertz CT molecular complexity index is 1590. The average molecular weight is 437 g/mol. The van der Waals surface area contributed by atoms with Crippen LogP contribution in [-0.2, 0) is 12.5 Å². The molecular weight excluding hydrogens is 410 g/mol. The quantitative estimate of drug-likeness (QED) is 0.196. The van der Waals surface area contributed by atoms with Crippen LogP contribution in [0.3, 0.4) is 0 Å². The van der Waals surface area contributed by atoms with Crippen LogP contribution in [0.15, 0.2) is 48.8 Å². The van der Waals surface area contributed by atoms with Gasteiger partial charge in [-0.05, 0) is 57.8 Å². The van der Waals surface area contributed by atoms with Crippen molar-refractivity contribution >= 4 is 48.1 Å². The highest BCUT2D eigenvalue weighted by Crippen LogP contribution is 2.43. The van der Waals surface area contributed by atoms with E-state index in [-0.39, 0.29) is 5.41 Å². The van der Waals surface area contributed by atoms with Gasteiger partial charge in [-0.2, -0.15) is 0 Å². The lowest BCUT2D eigenvalue weighted by Gasteiger charge is -2.24. The van der Waals surface area contributed by atoms with Crippen molar-refractivity contribution < 1.29 is 4.57 Å². The lowest BCUT2D eigenvalue weighted by atomic mass is 9.80. The first-order valence-corrected chi connectivity index (χ1v) is 11.6. The van der Waals surface area contributed by atoms with Gasteiger partial charge >= 0.3 is 0 Å². The Morgan fingerprint density at radius 1 is 0.938 bits per heavy atom. The maximum absolute atomic E-state index is 7.50. The van der Waals surface area contributed by atoms with E-state index in [0.717, 1.165) is 21.2 Å². The first-order chi connectivity index (χ1) is 15.2. The van der Waals surface area contributed by atoms with Crippen molar-refractivity contribution in [3.63, 3.8) is 0 Å². The molecule has 0 bridgehead atoms. The first-order valence-electron chi connectivity index (χ1n) is 10.8. The van der Waals surface area contributed by atoms with E-state index in [1.54, 1.807) is 11.3 Å². The van der Waals surface area contributed by atoms with E-state index in [0.29, 0.717) is 5.69 Å². The second-order valence-electron chi connectivity index (χ2n) is 9.57. The van der Waals surface area contributed by atoms with Gasteiger partial charge in [0.25, 0.3) is 6.33 Å². The highest BCUT2D eigenvalue weighted by Gasteiger charge is 2.26. The summed E-state index contributed by atoms with van der Waals surface area (Å²) in [5, 5.41) is 3.75. The Morgan fingerprint density at radius 2 is 1.66 bits per heavy atom. The molecule has 0 saturated carbocycles. The van der Waals surface area contributed by atoms with Gasteiger partial charge in [0.05, 0.1) is 13.6 Å². The monoisotopic (exact) mass is 436 g/mol. The Hall–Kier alpha value is -3.29. The number of nitrogens with zero attached hydrogens (tertiary/aromatic N) is 3. The lowest BCUT2D eigenvalue weighted by Crippen LogP contribution is -2.31. The molecule has 0 fully saturated rings. The summed E-state index contributed by atoms with van der Waals surface area (Å²) < 4.78 is 4.48. The summed E-state index contributed by atoms with van der Waals surface area (Å²) in [5.74, 6) is 0. The van der Waals surface area contributed by atoms with Gasteiger partial charge in [-0.3, -0.25) is 0 Å². The topological polar surface area (TPSA) is 21.1 Å². The predicted molar refractivity (Wildman–Crippen MR) is 136 cm³/mol. The van der Waals surface area contributed by atoms with E-state index in [1.807, 2.05) is 19.3 Å². The molecule has 0 radical (unpaired) electrons. The van der Waals surface area contributed by atoms with Crippen molar-refractivity contribution in [2.75, 3.05) is 0 Å². The highest BCUT2D eigenvalue weighted by molar-refractivity contribution is 7.26. The Morgan fingerprint density at radius 3 is 2.34 bits per heavy atom. The molecule has 0 unspecified atom stereocenters. The molecule has 4 heteroatoms. The number of thiophene rings is 1. The van der Waals surface area contributed by atoms with Gasteiger partial charge in [0.15, 0.2) is 11.4 Å². The molecule has 0 spiro atoms. The summed E-state index contributed by atoms with van der Waals surface area (Å²) in [6.07, 6.45) is 1.92. The van der Waals surface area contributed by atoms with Gasteiger partial charge in [0.2, 0.25) is 5.52 Å². The Labute approximate surface area is 192 Å². The zero-order valence-corrected chi connectivity index (χ0v) is 20.2. The maximum Gasteiger partial charge on any atom is 0.287 e. The van der Waals surface area contributed by atoms with Crippen LogP contribution in [0.1, 0.15) is 37.5 Å². The second kappa shape index (κ2) is 7.12. The summed E-state index contributed by atoms with van der Waals surface area (Å²) in [6.45, 7) is 18.6. The standard InChI is InChI=1S/C28H26N3S/c1-16-18-10-8-9-11-19(18)22(28(3,4)5)14-21(16)25-27-24(30-15-31(25)7)20-12-13-23(29-6)17(2)26(20)32-27/h8-15H,1-5,7H3/q+1. The molecule has 2 aromatic heterocycles. The predicted octanol–water partition coefficient (Wildman–Crippen LogP) is 7.56. The Balaban J connectivity index is 1.95. The van der Waals surface area contributed by atoms with Gasteiger partial charge < -0.3 is 0 Å². The number of hydrogen-bond donors (Lipinski definition) is 0. The minimum absolute atomic E-state index is 0.0219. The molecule has 0 aliphatic carbocycles. The van der Waals surface area contributed by atoms with E-state index in [2.05, 4.69) is 80.6 Å². The average Bonchev–Trinajstić information content (AvgIpc) is 3.14. The smallest absolute Gasteiger partial charge is 0.238 e. The van der Waals surface area contributed by atoms with Crippen LogP contribution in [0.4, 0.5) is 5.69 Å². The molecule has 0 amide bonds. The number of aryl methyl sites for hydroxylation is 3. The van der Waals surface area contributed by atoms with E-state index in [9.17, 15) is 0 Å². The van der Waals surface area contributed by atoms with Crippen molar-refractivity contribution in [1.82, 2.24) is 4.98 Å². The third-order valence-corrected chi connectivity index (χ3v) is 7.80. The van der Waals surface area contributed by atoms with Gasteiger partial charge in [0.1, 0.15) is 4.70 Å². The molecule has 3 nitrogen and oxygen atoms in total. The van der Waals surface area contributed by atoms with Crippen LogP contribution in [-0.4, -0.2) is 4.98 Å². The molecule has 0 aliphatic rings. The number of benzene rings is 3. The van der Waals surface area contributed by atoms with E-state index in [1.165, 1.54) is 37.9 Å². The summed E-state index contributed by atoms with van der Waals surface area (Å²) in [4.78, 5) is 8.52. The number of rotatable bonds is 1. The fourth-order valence-corrected chi connectivity index (χ4v) is 6.09. The first kappa shape index (κ1) is 20.6. The zero-order valence-electron chi connectivity index (χ0n) is 19.4. The van der Waals surface area contributed by atoms with Crippen LogP contribution in [0.25, 0.3) is 47.2 Å². The minimum Gasteiger partial charge on any atom is -0.238 e. The molecule has 0 N–H and O–H groups in total. The van der Waals surface area contributed by atoms with E-state index in [4.69, 9.17) is 11.6 Å². The number of hydrogen-bond acceptors (Lipinski definition) is 2. The third kappa shape index (κ3) is 2.92. The lowest BCUT2D eigenvalue weighted by molar-refractivity contribution is -0.662. The normalized spacial score (nSPS) is 12.0. The SMILES string of the molecule is [C-]#[N+]c1ccc2c(sc3c(-c4cc(C(C)(C)C)c5ccccc5c4C)[n+](C)cnc32)c1C. The third-order valence-electron chi connectivity index (χ3n) is 6.48. The van der Waals surface area contributed by atoms with Crippen molar-refractivity contribution in [3.05, 3.63) is 76.9 Å². The zero-order chi connectivity index (χ0) is 22.8. The van der Waals surface area contributed by atoms with Crippen molar-refractivity contribution in [3.8, 4) is 11.3 Å².